The van der Waals surface area contributed by atoms with Crippen LogP contribution in [0, 0.1) is 21.4 Å². The van der Waals surface area contributed by atoms with Crippen molar-refractivity contribution in [1.29, 1.82) is 5.26 Å². The Morgan fingerprint density at radius 2 is 2.18 bits per heavy atom. The van der Waals surface area contributed by atoms with Gasteiger partial charge in [-0.3, -0.25) is 0 Å². The van der Waals surface area contributed by atoms with E-state index in [0.29, 0.717) is 29.4 Å². The largest absolute Gasteiger partial charge is 0.496 e. The van der Waals surface area contributed by atoms with Crippen LogP contribution in [0.25, 0.3) is 6.08 Å². The molecule has 0 saturated carbocycles. The van der Waals surface area contributed by atoms with Crippen LogP contribution in [0.2, 0.25) is 0 Å². The molecule has 0 aliphatic carbocycles. The van der Waals surface area contributed by atoms with Gasteiger partial charge in [0.25, 0.3) is 0 Å². The van der Waals surface area contributed by atoms with Gasteiger partial charge in [0, 0.05) is 36.0 Å². The highest BCUT2D eigenvalue weighted by Gasteiger charge is 2.19. The molecule has 1 N–H and O–H groups in total. The van der Waals surface area contributed by atoms with E-state index in [9.17, 15) is 14.9 Å². The predicted octanol–water partition coefficient (Wildman–Crippen LogP) is 3.54. The third kappa shape index (κ3) is 4.62. The Morgan fingerprint density at radius 3 is 2.75 bits per heavy atom. The van der Waals surface area contributed by atoms with Gasteiger partial charge < -0.3 is 24.9 Å². The number of aliphatic carboxylic acids is 1. The number of aromatic nitrogens is 1. The summed E-state index contributed by atoms with van der Waals surface area (Å²) in [7, 11) is 1.43. The summed E-state index contributed by atoms with van der Waals surface area (Å²) in [5.41, 5.74) is 0.670. The maximum Gasteiger partial charge on any atom is 0.365 e. The summed E-state index contributed by atoms with van der Waals surface area (Å²) < 4.78 is 5.34. The van der Waals surface area contributed by atoms with Crippen molar-refractivity contribution in [2.24, 2.45) is 0 Å². The van der Waals surface area contributed by atoms with E-state index >= 15 is 0 Å². The number of nitro groups is 1. The molecule has 0 amide bonds. The van der Waals surface area contributed by atoms with Crippen molar-refractivity contribution in [2.75, 3.05) is 18.6 Å². The second-order valence-corrected chi connectivity index (χ2v) is 5.66. The first-order valence-corrected chi connectivity index (χ1v) is 8.33. The minimum absolute atomic E-state index is 0.259. The molecule has 1 aromatic heterocycles. The Morgan fingerprint density at radius 1 is 1.43 bits per heavy atom. The van der Waals surface area contributed by atoms with Crippen LogP contribution in [-0.4, -0.2) is 34.6 Å². The van der Waals surface area contributed by atoms with Crippen molar-refractivity contribution in [3.05, 3.63) is 57.6 Å². The number of pyridine rings is 1. The monoisotopic (exact) mass is 382 g/mol. The molecule has 1 heterocycles. The summed E-state index contributed by atoms with van der Waals surface area (Å²) in [6, 6.07) is 11.2. The molecule has 0 aliphatic rings. The van der Waals surface area contributed by atoms with Crippen molar-refractivity contribution >= 4 is 29.4 Å². The lowest BCUT2D eigenvalue weighted by molar-refractivity contribution is -0.389. The highest BCUT2D eigenvalue weighted by Crippen LogP contribution is 2.31. The lowest BCUT2D eigenvalue weighted by atomic mass is 10.1. The molecular formula is C19H18N4O5. The number of carbonyl (C=O) groups is 1. The van der Waals surface area contributed by atoms with E-state index in [-0.39, 0.29) is 5.82 Å². The Bertz CT molecular complexity index is 965. The molecule has 0 saturated heterocycles. The quantitative estimate of drug-likeness (QED) is 0.317. The molecule has 0 aliphatic heterocycles. The second-order valence-electron chi connectivity index (χ2n) is 5.66. The SMILES string of the molecule is CCCN(c1ccc(/C=C(\C#N)C(=O)O)c(OC)c1)c1cccc([N+](=O)[O-])n1. The van der Waals surface area contributed by atoms with Crippen molar-refractivity contribution in [2.45, 2.75) is 13.3 Å². The topological polar surface area (TPSA) is 130 Å². The number of hydrogen-bond donors (Lipinski definition) is 1. The number of ether oxygens (including phenoxy) is 1. The van der Waals surface area contributed by atoms with E-state index in [1.807, 2.05) is 6.92 Å². The van der Waals surface area contributed by atoms with Gasteiger partial charge in [0.15, 0.2) is 0 Å². The fourth-order valence-corrected chi connectivity index (χ4v) is 2.55. The fourth-order valence-electron chi connectivity index (χ4n) is 2.55. The highest BCUT2D eigenvalue weighted by molar-refractivity contribution is 5.97. The first-order valence-electron chi connectivity index (χ1n) is 8.33. The molecule has 0 spiro atoms. The summed E-state index contributed by atoms with van der Waals surface area (Å²) in [5, 5.41) is 29.0. The maximum absolute atomic E-state index is 11.1. The summed E-state index contributed by atoms with van der Waals surface area (Å²) in [6.45, 7) is 2.51. The molecule has 0 atom stereocenters. The van der Waals surface area contributed by atoms with E-state index < -0.39 is 16.5 Å². The summed E-state index contributed by atoms with van der Waals surface area (Å²) in [4.78, 5) is 27.4. The Labute approximate surface area is 161 Å². The fraction of sp³-hybridized carbons (Fsp3) is 0.211. The standard InChI is InChI=1S/C19H18N4O5/c1-3-9-22(17-5-4-6-18(21-17)23(26)27)15-8-7-13(16(11-15)28-2)10-14(12-20)19(24)25/h4-8,10-11H,3,9H2,1-2H3,(H,24,25)/b14-10+. The van der Waals surface area contributed by atoms with Crippen molar-refractivity contribution < 1.29 is 19.6 Å². The van der Waals surface area contributed by atoms with Crippen molar-refractivity contribution in [3.8, 4) is 11.8 Å². The van der Waals surface area contributed by atoms with Crippen LogP contribution in [0.4, 0.5) is 17.3 Å². The van der Waals surface area contributed by atoms with Crippen LogP contribution in [0.1, 0.15) is 18.9 Å². The molecule has 2 aromatic rings. The number of carboxylic acid groups (broad SMARTS) is 1. The van der Waals surface area contributed by atoms with Gasteiger partial charge in [0.05, 0.1) is 7.11 Å². The minimum Gasteiger partial charge on any atom is -0.496 e. The lowest BCUT2D eigenvalue weighted by Crippen LogP contribution is -2.19. The van der Waals surface area contributed by atoms with Gasteiger partial charge in [-0.25, -0.2) is 4.79 Å². The third-order valence-electron chi connectivity index (χ3n) is 3.81. The number of anilines is 2. The normalized spacial score (nSPS) is 10.8. The van der Waals surface area contributed by atoms with E-state index in [1.165, 1.54) is 19.3 Å². The molecule has 1 aromatic carbocycles. The van der Waals surface area contributed by atoms with Crippen molar-refractivity contribution in [3.63, 3.8) is 0 Å². The molecule has 144 valence electrons. The Kier molecular flexibility index (Phi) is 6.65. The zero-order valence-corrected chi connectivity index (χ0v) is 15.3. The Hall–Kier alpha value is -3.93. The molecule has 2 rings (SSSR count). The second kappa shape index (κ2) is 9.14. The number of nitrogens with zero attached hydrogens (tertiary/aromatic N) is 4. The van der Waals surface area contributed by atoms with Crippen LogP contribution in [0.5, 0.6) is 5.75 Å². The molecular weight excluding hydrogens is 364 g/mol. The van der Waals surface area contributed by atoms with Gasteiger partial charge in [-0.1, -0.05) is 6.92 Å². The van der Waals surface area contributed by atoms with Crippen LogP contribution in [0.3, 0.4) is 0 Å². The molecule has 0 fully saturated rings. The molecule has 0 bridgehead atoms. The molecule has 9 heteroatoms. The number of carboxylic acids is 1. The van der Waals surface area contributed by atoms with Gasteiger partial charge in [-0.2, -0.15) is 5.26 Å². The van der Waals surface area contributed by atoms with Crippen LogP contribution >= 0.6 is 0 Å². The first kappa shape index (κ1) is 20.4. The van der Waals surface area contributed by atoms with E-state index in [4.69, 9.17) is 15.1 Å². The number of methoxy groups -OCH3 is 1. The summed E-state index contributed by atoms with van der Waals surface area (Å²) >= 11 is 0. The van der Waals surface area contributed by atoms with Gasteiger partial charge >= 0.3 is 11.8 Å². The van der Waals surface area contributed by atoms with Gasteiger partial charge in [-0.05, 0) is 40.6 Å². The highest BCUT2D eigenvalue weighted by atomic mass is 16.6. The molecule has 9 nitrogen and oxygen atoms in total. The van der Waals surface area contributed by atoms with Gasteiger partial charge in [0.1, 0.15) is 17.4 Å². The van der Waals surface area contributed by atoms with Crippen molar-refractivity contribution in [1.82, 2.24) is 4.98 Å². The van der Waals surface area contributed by atoms with E-state index in [2.05, 4.69) is 4.98 Å². The van der Waals surface area contributed by atoms with Gasteiger partial charge in [-0.15, -0.1) is 0 Å². The van der Waals surface area contributed by atoms with Crippen LogP contribution in [-0.2, 0) is 4.79 Å². The van der Waals surface area contributed by atoms with E-state index in [1.54, 1.807) is 41.3 Å². The molecule has 0 unspecified atom stereocenters. The number of benzene rings is 1. The number of hydrogen-bond acceptors (Lipinski definition) is 7. The number of rotatable bonds is 8. The zero-order chi connectivity index (χ0) is 20.7. The zero-order valence-electron chi connectivity index (χ0n) is 15.3. The summed E-state index contributed by atoms with van der Waals surface area (Å²) in [5.74, 6) is -0.824. The van der Waals surface area contributed by atoms with Crippen LogP contribution < -0.4 is 9.64 Å². The lowest BCUT2D eigenvalue weighted by Gasteiger charge is -2.21. The number of nitriles is 1. The molecule has 28 heavy (non-hydrogen) atoms. The maximum atomic E-state index is 11.1. The van der Waals surface area contributed by atoms with E-state index in [0.717, 1.165) is 6.42 Å². The first-order chi connectivity index (χ1) is 13.4. The average Bonchev–Trinajstić information content (AvgIpc) is 2.70. The average molecular weight is 382 g/mol. The minimum atomic E-state index is -1.33. The van der Waals surface area contributed by atoms with Gasteiger partial charge in [0.2, 0.25) is 5.82 Å². The smallest absolute Gasteiger partial charge is 0.365 e. The van der Waals surface area contributed by atoms with Crippen LogP contribution in [0.15, 0.2) is 42.0 Å². The summed E-state index contributed by atoms with van der Waals surface area (Å²) in [6.07, 6.45) is 1.98. The third-order valence-corrected chi connectivity index (χ3v) is 3.81. The molecule has 0 radical (unpaired) electrons. The predicted molar refractivity (Wildman–Crippen MR) is 102 cm³/mol. The Balaban J connectivity index is 2.52.